The SMILES string of the molecule is CCC(CC)CNCCN1C2CCC1CC(c1ccccc1C(N)=O)C2. The molecule has 2 unspecified atom stereocenters. The molecule has 26 heavy (non-hydrogen) atoms. The molecule has 2 heterocycles. The lowest BCUT2D eigenvalue weighted by molar-refractivity contribution is 0.0994. The van der Waals surface area contributed by atoms with Crippen LogP contribution in [0.3, 0.4) is 0 Å². The highest BCUT2D eigenvalue weighted by atomic mass is 16.1. The molecule has 1 aromatic carbocycles. The number of carbonyl (C=O) groups is 1. The lowest BCUT2D eigenvalue weighted by atomic mass is 9.82. The van der Waals surface area contributed by atoms with Crippen LogP contribution in [-0.4, -0.2) is 42.5 Å². The Hall–Kier alpha value is -1.39. The van der Waals surface area contributed by atoms with Gasteiger partial charge in [0, 0.05) is 30.7 Å². The molecule has 0 spiro atoms. The molecule has 2 fully saturated rings. The molecule has 1 aromatic rings. The van der Waals surface area contributed by atoms with Crippen molar-refractivity contribution in [1.29, 1.82) is 0 Å². The summed E-state index contributed by atoms with van der Waals surface area (Å²) in [5.41, 5.74) is 7.49. The fourth-order valence-corrected chi connectivity index (χ4v) is 5.06. The molecule has 3 rings (SSSR count). The van der Waals surface area contributed by atoms with Crippen LogP contribution in [-0.2, 0) is 0 Å². The number of benzene rings is 1. The molecule has 0 radical (unpaired) electrons. The summed E-state index contributed by atoms with van der Waals surface area (Å²) in [4.78, 5) is 14.5. The number of hydrogen-bond donors (Lipinski definition) is 2. The maximum atomic E-state index is 11.8. The molecule has 2 aliphatic heterocycles. The molecular weight excluding hydrogens is 322 g/mol. The third-order valence-electron chi connectivity index (χ3n) is 6.68. The predicted octanol–water partition coefficient (Wildman–Crippen LogP) is 3.52. The number of hydrogen-bond acceptors (Lipinski definition) is 3. The topological polar surface area (TPSA) is 58.4 Å². The Morgan fingerprint density at radius 3 is 2.46 bits per heavy atom. The molecule has 0 aromatic heterocycles. The largest absolute Gasteiger partial charge is 0.366 e. The normalized spacial score (nSPS) is 25.7. The molecule has 0 aliphatic carbocycles. The summed E-state index contributed by atoms with van der Waals surface area (Å²) < 4.78 is 0. The minimum absolute atomic E-state index is 0.291. The van der Waals surface area contributed by atoms with E-state index in [0.29, 0.717) is 18.0 Å². The van der Waals surface area contributed by atoms with Gasteiger partial charge in [-0.1, -0.05) is 44.9 Å². The Bertz CT molecular complexity index is 585. The molecule has 2 saturated heterocycles. The first-order valence-electron chi connectivity index (χ1n) is 10.5. The van der Waals surface area contributed by atoms with E-state index in [4.69, 9.17) is 5.73 Å². The highest BCUT2D eigenvalue weighted by molar-refractivity contribution is 5.94. The summed E-state index contributed by atoms with van der Waals surface area (Å²) in [6.07, 6.45) is 7.44. The molecule has 2 bridgehead atoms. The Morgan fingerprint density at radius 1 is 1.19 bits per heavy atom. The number of primary amides is 1. The van der Waals surface area contributed by atoms with E-state index < -0.39 is 0 Å². The lowest BCUT2D eigenvalue weighted by Crippen LogP contribution is -2.45. The van der Waals surface area contributed by atoms with Crippen molar-refractivity contribution in [3.05, 3.63) is 35.4 Å². The fraction of sp³-hybridized carbons (Fsp3) is 0.682. The van der Waals surface area contributed by atoms with Gasteiger partial charge in [0.2, 0.25) is 5.91 Å². The number of nitrogens with zero attached hydrogens (tertiary/aromatic N) is 1. The van der Waals surface area contributed by atoms with Gasteiger partial charge in [-0.2, -0.15) is 0 Å². The van der Waals surface area contributed by atoms with Gasteiger partial charge in [0.1, 0.15) is 0 Å². The zero-order chi connectivity index (χ0) is 18.5. The van der Waals surface area contributed by atoms with Crippen LogP contribution in [0.1, 0.15) is 74.2 Å². The summed E-state index contributed by atoms with van der Waals surface area (Å²) in [5, 5.41) is 3.67. The van der Waals surface area contributed by atoms with Gasteiger partial charge in [-0.25, -0.2) is 0 Å². The van der Waals surface area contributed by atoms with Gasteiger partial charge in [0.05, 0.1) is 0 Å². The number of carbonyl (C=O) groups excluding carboxylic acids is 1. The monoisotopic (exact) mass is 357 g/mol. The van der Waals surface area contributed by atoms with Crippen molar-refractivity contribution in [2.75, 3.05) is 19.6 Å². The van der Waals surface area contributed by atoms with Crippen molar-refractivity contribution in [2.45, 2.75) is 70.4 Å². The number of rotatable bonds is 9. The van der Waals surface area contributed by atoms with Crippen molar-refractivity contribution < 1.29 is 4.79 Å². The predicted molar refractivity (Wildman–Crippen MR) is 107 cm³/mol. The number of fused-ring (bicyclic) bond motifs is 2. The zero-order valence-corrected chi connectivity index (χ0v) is 16.4. The molecule has 2 atom stereocenters. The van der Waals surface area contributed by atoms with Crippen LogP contribution >= 0.6 is 0 Å². The number of piperidine rings is 1. The van der Waals surface area contributed by atoms with Crippen LogP contribution in [0.25, 0.3) is 0 Å². The fourth-order valence-electron chi connectivity index (χ4n) is 5.06. The number of nitrogens with two attached hydrogens (primary N) is 1. The van der Waals surface area contributed by atoms with Gasteiger partial charge in [0.25, 0.3) is 0 Å². The van der Waals surface area contributed by atoms with Gasteiger partial charge in [-0.05, 0) is 55.7 Å². The van der Waals surface area contributed by atoms with E-state index >= 15 is 0 Å². The van der Waals surface area contributed by atoms with Gasteiger partial charge >= 0.3 is 0 Å². The van der Waals surface area contributed by atoms with E-state index in [1.807, 2.05) is 18.2 Å². The molecule has 4 heteroatoms. The van der Waals surface area contributed by atoms with Crippen LogP contribution in [0.5, 0.6) is 0 Å². The standard InChI is InChI=1S/C22H35N3O/c1-3-16(4-2)15-24-11-12-25-18-9-10-19(25)14-17(13-18)20-7-5-6-8-21(20)22(23)26/h5-8,16-19,24H,3-4,9-15H2,1-2H3,(H2,23,26). The lowest BCUT2D eigenvalue weighted by Gasteiger charge is -2.39. The van der Waals surface area contributed by atoms with E-state index in [0.717, 1.165) is 44.0 Å². The van der Waals surface area contributed by atoms with Crippen LogP contribution in [0, 0.1) is 5.92 Å². The maximum Gasteiger partial charge on any atom is 0.248 e. The molecule has 144 valence electrons. The Kier molecular flexibility index (Phi) is 6.71. The van der Waals surface area contributed by atoms with Crippen molar-refractivity contribution in [3.8, 4) is 0 Å². The molecular formula is C22H35N3O. The Balaban J connectivity index is 1.56. The summed E-state index contributed by atoms with van der Waals surface area (Å²) in [7, 11) is 0. The quantitative estimate of drug-likeness (QED) is 0.665. The molecule has 4 nitrogen and oxygen atoms in total. The van der Waals surface area contributed by atoms with Crippen molar-refractivity contribution in [3.63, 3.8) is 0 Å². The van der Waals surface area contributed by atoms with Gasteiger partial charge in [-0.3, -0.25) is 9.69 Å². The third kappa shape index (κ3) is 4.29. The number of nitrogens with one attached hydrogen (secondary N) is 1. The average Bonchev–Trinajstić information content (AvgIpc) is 2.89. The second kappa shape index (κ2) is 9.01. The first-order chi connectivity index (χ1) is 12.6. The van der Waals surface area contributed by atoms with E-state index in [9.17, 15) is 4.79 Å². The number of amides is 1. The summed E-state index contributed by atoms with van der Waals surface area (Å²) >= 11 is 0. The first kappa shape index (κ1) is 19.4. The van der Waals surface area contributed by atoms with Gasteiger partial charge < -0.3 is 11.1 Å². The molecule has 1 amide bonds. The molecule has 2 aliphatic rings. The summed E-state index contributed by atoms with van der Waals surface area (Å²) in [6, 6.07) is 9.27. The van der Waals surface area contributed by atoms with E-state index in [1.54, 1.807) is 0 Å². The Labute approximate surface area is 158 Å². The third-order valence-corrected chi connectivity index (χ3v) is 6.68. The van der Waals surface area contributed by atoms with Crippen LogP contribution in [0.2, 0.25) is 0 Å². The van der Waals surface area contributed by atoms with Crippen LogP contribution in [0.15, 0.2) is 24.3 Å². The Morgan fingerprint density at radius 2 is 1.85 bits per heavy atom. The summed E-state index contributed by atoms with van der Waals surface area (Å²) in [5.74, 6) is 0.994. The summed E-state index contributed by atoms with van der Waals surface area (Å²) in [6.45, 7) is 7.95. The second-order valence-electron chi connectivity index (χ2n) is 8.13. The van der Waals surface area contributed by atoms with Crippen LogP contribution < -0.4 is 11.1 Å². The van der Waals surface area contributed by atoms with E-state index in [2.05, 4.69) is 30.1 Å². The minimum Gasteiger partial charge on any atom is -0.366 e. The zero-order valence-electron chi connectivity index (χ0n) is 16.4. The van der Waals surface area contributed by atoms with Crippen LogP contribution in [0.4, 0.5) is 0 Å². The minimum atomic E-state index is -0.291. The molecule has 3 N–H and O–H groups in total. The van der Waals surface area contributed by atoms with Crippen molar-refractivity contribution in [2.24, 2.45) is 11.7 Å². The van der Waals surface area contributed by atoms with Gasteiger partial charge in [0.15, 0.2) is 0 Å². The smallest absolute Gasteiger partial charge is 0.248 e. The maximum absolute atomic E-state index is 11.8. The van der Waals surface area contributed by atoms with Gasteiger partial charge in [-0.15, -0.1) is 0 Å². The van der Waals surface area contributed by atoms with Crippen molar-refractivity contribution in [1.82, 2.24) is 10.2 Å². The van der Waals surface area contributed by atoms with E-state index in [-0.39, 0.29) is 5.91 Å². The highest BCUT2D eigenvalue weighted by Gasteiger charge is 2.41. The first-order valence-corrected chi connectivity index (χ1v) is 10.5. The average molecular weight is 358 g/mol. The highest BCUT2D eigenvalue weighted by Crippen LogP contribution is 2.43. The van der Waals surface area contributed by atoms with E-state index in [1.165, 1.54) is 31.2 Å². The molecule has 0 saturated carbocycles. The van der Waals surface area contributed by atoms with Crippen molar-refractivity contribution >= 4 is 5.91 Å². The second-order valence-corrected chi connectivity index (χ2v) is 8.13.